The van der Waals surface area contributed by atoms with E-state index >= 15 is 0 Å². The largest absolute Gasteiger partial charge is 0.463 e. The first-order valence-electron chi connectivity index (χ1n) is 12.2. The molecule has 2 N–H and O–H groups in total. The lowest BCUT2D eigenvalue weighted by molar-refractivity contribution is -0.153. The van der Waals surface area contributed by atoms with Gasteiger partial charge in [0.05, 0.1) is 19.1 Å². The van der Waals surface area contributed by atoms with Gasteiger partial charge in [0.25, 0.3) is 0 Å². The molecule has 2 aliphatic rings. The fourth-order valence-electron chi connectivity index (χ4n) is 4.63. The number of amides is 3. The minimum Gasteiger partial charge on any atom is -0.463 e. The number of nitrogens with zero attached hydrogens (tertiary/aromatic N) is 3. The zero-order valence-corrected chi connectivity index (χ0v) is 21.1. The molecule has 1 aromatic rings. The molecule has 1 saturated carbocycles. The Balaban J connectivity index is 1.46. The molecule has 0 unspecified atom stereocenters. The van der Waals surface area contributed by atoms with E-state index in [1.54, 1.807) is 12.1 Å². The van der Waals surface area contributed by atoms with Gasteiger partial charge in [-0.15, -0.1) is 0 Å². The maximum atomic E-state index is 13.1. The summed E-state index contributed by atoms with van der Waals surface area (Å²) in [4.78, 5) is 42.5. The van der Waals surface area contributed by atoms with Crippen LogP contribution in [0.4, 0.5) is 15.3 Å². The molecule has 0 spiro atoms. The van der Waals surface area contributed by atoms with Gasteiger partial charge in [0.15, 0.2) is 0 Å². The van der Waals surface area contributed by atoms with Gasteiger partial charge in [-0.2, -0.15) is 0 Å². The molecule has 0 atom stereocenters. The predicted octanol–water partition coefficient (Wildman–Crippen LogP) is 3.05. The number of benzene rings is 1. The van der Waals surface area contributed by atoms with Gasteiger partial charge in [-0.3, -0.25) is 15.5 Å². The zero-order chi connectivity index (χ0) is 25.5. The van der Waals surface area contributed by atoms with Gasteiger partial charge in [0.2, 0.25) is 0 Å². The second kappa shape index (κ2) is 11.9. The Morgan fingerprint density at radius 1 is 1.03 bits per heavy atom. The number of hydrogen-bond donors (Lipinski definition) is 2. The summed E-state index contributed by atoms with van der Waals surface area (Å²) in [5, 5.41) is 10.3. The van der Waals surface area contributed by atoms with Crippen molar-refractivity contribution in [2.24, 2.45) is 5.92 Å². The van der Waals surface area contributed by atoms with E-state index in [-0.39, 0.29) is 35.9 Å². The molecule has 3 amide bonds. The van der Waals surface area contributed by atoms with E-state index in [4.69, 9.17) is 10.1 Å². The number of methoxy groups -OCH3 is 1. The van der Waals surface area contributed by atoms with Gasteiger partial charge >= 0.3 is 18.1 Å². The molecule has 2 fully saturated rings. The van der Waals surface area contributed by atoms with Crippen LogP contribution in [-0.4, -0.2) is 86.2 Å². The highest BCUT2D eigenvalue weighted by molar-refractivity contribution is 6.04. The molecule has 0 radical (unpaired) electrons. The lowest BCUT2D eigenvalue weighted by Gasteiger charge is -2.41. The number of esters is 1. The Hall–Kier alpha value is -3.30. The van der Waals surface area contributed by atoms with Crippen LogP contribution in [0.25, 0.3) is 0 Å². The summed E-state index contributed by atoms with van der Waals surface area (Å²) in [6.45, 7) is 6.40. The molecule has 35 heavy (non-hydrogen) atoms. The number of rotatable bonds is 5. The molecule has 192 valence electrons. The van der Waals surface area contributed by atoms with Crippen molar-refractivity contribution < 1.29 is 23.9 Å². The van der Waals surface area contributed by atoms with E-state index < -0.39 is 6.09 Å². The Labute approximate surface area is 207 Å². The van der Waals surface area contributed by atoms with E-state index in [0.29, 0.717) is 31.7 Å². The lowest BCUT2D eigenvalue weighted by Crippen LogP contribution is -2.54. The number of carbonyl (C=O) groups is 3. The normalized spacial score (nSPS) is 20.3. The highest BCUT2D eigenvalue weighted by atomic mass is 16.5. The molecule has 1 saturated heterocycles. The average Bonchev–Trinajstić information content (AvgIpc) is 2.87. The van der Waals surface area contributed by atoms with Crippen molar-refractivity contribution in [1.82, 2.24) is 15.1 Å². The first-order valence-corrected chi connectivity index (χ1v) is 12.2. The third-order valence-corrected chi connectivity index (χ3v) is 6.72. The quantitative estimate of drug-likeness (QED) is 0.375. The van der Waals surface area contributed by atoms with Crippen LogP contribution in [0, 0.1) is 11.3 Å². The number of nitrogens with one attached hydrogen (secondary N) is 2. The number of hydrogen-bond acceptors (Lipinski definition) is 7. The summed E-state index contributed by atoms with van der Waals surface area (Å²) in [7, 11) is 3.12. The topological polar surface area (TPSA) is 115 Å². The number of anilines is 1. The predicted molar refractivity (Wildman–Crippen MR) is 133 cm³/mol. The van der Waals surface area contributed by atoms with Crippen LogP contribution in [-0.2, 0) is 14.3 Å². The van der Waals surface area contributed by atoms with Crippen molar-refractivity contribution in [2.75, 3.05) is 45.2 Å². The number of piperazine rings is 1. The zero-order valence-electron chi connectivity index (χ0n) is 21.1. The molecule has 1 aromatic carbocycles. The Morgan fingerprint density at radius 2 is 1.63 bits per heavy atom. The molecule has 10 nitrogen and oxygen atoms in total. The number of urea groups is 1. The van der Waals surface area contributed by atoms with E-state index in [0.717, 1.165) is 31.4 Å². The number of alkyl carbamates (subject to hydrolysis) is 1. The lowest BCUT2D eigenvalue weighted by atomic mass is 9.85. The monoisotopic (exact) mass is 487 g/mol. The van der Waals surface area contributed by atoms with Crippen molar-refractivity contribution in [2.45, 2.75) is 51.7 Å². The first-order chi connectivity index (χ1) is 16.7. The molecule has 1 aliphatic heterocycles. The van der Waals surface area contributed by atoms with Crippen LogP contribution in [0.3, 0.4) is 0 Å². The maximum Gasteiger partial charge on any atom is 0.412 e. The third-order valence-electron chi connectivity index (χ3n) is 6.72. The number of ether oxygens (including phenoxy) is 2. The van der Waals surface area contributed by atoms with Crippen LogP contribution in [0.1, 0.15) is 45.1 Å². The van der Waals surface area contributed by atoms with E-state index in [1.807, 2.05) is 42.8 Å². The Kier molecular flexibility index (Phi) is 8.95. The minimum absolute atomic E-state index is 0.0206. The van der Waals surface area contributed by atoms with Gasteiger partial charge in [-0.25, -0.2) is 9.59 Å². The van der Waals surface area contributed by atoms with Gasteiger partial charge in [-0.05, 0) is 63.8 Å². The van der Waals surface area contributed by atoms with Gasteiger partial charge in [0, 0.05) is 50.5 Å². The number of amidine groups is 1. The smallest absolute Gasteiger partial charge is 0.412 e. The summed E-state index contributed by atoms with van der Waals surface area (Å²) in [6, 6.07) is 7.57. The van der Waals surface area contributed by atoms with Crippen LogP contribution in [0.5, 0.6) is 0 Å². The van der Waals surface area contributed by atoms with Crippen molar-refractivity contribution in [1.29, 1.82) is 5.41 Å². The standard InChI is InChI=1S/C25H37N5O5/c1-17(2)35-23(31)19-7-9-20(10-8-19)28(3)25(33)30-15-13-29(14-16-30)21-11-5-18(6-12-21)22(26)27-24(32)34-4/h5-6,11-12,17,19-20H,7-10,13-16H2,1-4H3,(H2,26,27,32)/t19-,20-. The summed E-state index contributed by atoms with van der Waals surface area (Å²) < 4.78 is 9.87. The van der Waals surface area contributed by atoms with Gasteiger partial charge in [-0.1, -0.05) is 0 Å². The fraction of sp³-hybridized carbons (Fsp3) is 0.600. The molecule has 3 rings (SSSR count). The molecule has 10 heteroatoms. The van der Waals surface area contributed by atoms with Crippen molar-refractivity contribution in [3.63, 3.8) is 0 Å². The summed E-state index contributed by atoms with van der Waals surface area (Å²) in [6.07, 6.45) is 2.36. The molecule has 0 bridgehead atoms. The highest BCUT2D eigenvalue weighted by Gasteiger charge is 2.33. The first kappa shape index (κ1) is 26.3. The molecule has 1 aliphatic carbocycles. The van der Waals surface area contributed by atoms with Crippen LogP contribution in [0.15, 0.2) is 24.3 Å². The minimum atomic E-state index is -0.675. The second-order valence-corrected chi connectivity index (χ2v) is 9.40. The highest BCUT2D eigenvalue weighted by Crippen LogP contribution is 2.29. The number of carbonyl (C=O) groups excluding carboxylic acids is 3. The van der Waals surface area contributed by atoms with E-state index in [2.05, 4.69) is 15.0 Å². The van der Waals surface area contributed by atoms with E-state index in [9.17, 15) is 14.4 Å². The van der Waals surface area contributed by atoms with Crippen molar-refractivity contribution in [3.05, 3.63) is 29.8 Å². The summed E-state index contributed by atoms with van der Waals surface area (Å²) in [5.41, 5.74) is 1.59. The molecular weight excluding hydrogens is 450 g/mol. The Morgan fingerprint density at radius 3 is 2.17 bits per heavy atom. The maximum absolute atomic E-state index is 13.1. The molecular formula is C25H37N5O5. The fourth-order valence-corrected chi connectivity index (χ4v) is 4.63. The van der Waals surface area contributed by atoms with Crippen LogP contribution >= 0.6 is 0 Å². The molecule has 0 aromatic heterocycles. The van der Waals surface area contributed by atoms with Crippen molar-refractivity contribution in [3.8, 4) is 0 Å². The van der Waals surface area contributed by atoms with Gasteiger partial charge < -0.3 is 24.2 Å². The van der Waals surface area contributed by atoms with E-state index in [1.165, 1.54) is 7.11 Å². The summed E-state index contributed by atoms with van der Waals surface area (Å²) >= 11 is 0. The van der Waals surface area contributed by atoms with Gasteiger partial charge in [0.1, 0.15) is 5.84 Å². The Bertz CT molecular complexity index is 903. The van der Waals surface area contributed by atoms with Crippen LogP contribution < -0.4 is 10.2 Å². The van der Waals surface area contributed by atoms with Crippen LogP contribution in [0.2, 0.25) is 0 Å². The summed E-state index contributed by atoms with van der Waals surface area (Å²) in [5.74, 6) is -0.201. The third kappa shape index (κ3) is 6.86. The molecule has 1 heterocycles. The SMILES string of the molecule is COC(=O)NC(=N)c1ccc(N2CCN(C(=O)N(C)[C@H]3CC[C@H](C(=O)OC(C)C)CC3)CC2)cc1. The average molecular weight is 488 g/mol. The second-order valence-electron chi connectivity index (χ2n) is 9.40. The van der Waals surface area contributed by atoms with Crippen molar-refractivity contribution >= 4 is 29.6 Å².